The molecule has 0 saturated carbocycles. The summed E-state index contributed by atoms with van der Waals surface area (Å²) in [6, 6.07) is 6.81. The first-order chi connectivity index (χ1) is 10.7. The summed E-state index contributed by atoms with van der Waals surface area (Å²) in [6.07, 6.45) is 3.56. The predicted molar refractivity (Wildman–Crippen MR) is 91.7 cm³/mol. The molecule has 130 valence electrons. The van der Waals surface area contributed by atoms with Gasteiger partial charge in [0.15, 0.2) is 0 Å². The lowest BCUT2D eigenvalue weighted by Gasteiger charge is -2.23. The fourth-order valence-corrected chi connectivity index (χ4v) is 2.63. The Labute approximate surface area is 139 Å². The molecule has 0 aliphatic heterocycles. The zero-order valence-electron chi connectivity index (χ0n) is 14.4. The summed E-state index contributed by atoms with van der Waals surface area (Å²) in [5.74, 6) is 0.770. The van der Waals surface area contributed by atoms with E-state index in [0.29, 0.717) is 18.9 Å². The van der Waals surface area contributed by atoms with Crippen LogP contribution in [0.1, 0.15) is 45.6 Å². The molecular weight excluding hydrogens is 314 g/mol. The molecule has 0 fully saturated rings. The molecule has 0 atom stereocenters. The topological polar surface area (TPSA) is 63.7 Å². The van der Waals surface area contributed by atoms with E-state index in [1.807, 2.05) is 18.7 Å². The van der Waals surface area contributed by atoms with Gasteiger partial charge in [0.25, 0.3) is 0 Å². The molecule has 0 N–H and O–H groups in total. The highest BCUT2D eigenvalue weighted by molar-refractivity contribution is 7.86. The molecule has 0 aromatic heterocycles. The Morgan fingerprint density at radius 2 is 1.83 bits per heavy atom. The first-order valence-electron chi connectivity index (χ1n) is 7.97. The molecule has 6 heteroatoms. The lowest BCUT2D eigenvalue weighted by Crippen LogP contribution is -2.32. The van der Waals surface area contributed by atoms with E-state index in [1.165, 1.54) is 0 Å². The van der Waals surface area contributed by atoms with Crippen LogP contribution in [0.15, 0.2) is 24.3 Å². The predicted octanol–water partition coefficient (Wildman–Crippen LogP) is 3.20. The van der Waals surface area contributed by atoms with Crippen LogP contribution in [-0.2, 0) is 21.5 Å². The van der Waals surface area contributed by atoms with E-state index >= 15 is 0 Å². The lowest BCUT2D eigenvalue weighted by molar-refractivity contribution is -0.132. The Hall–Kier alpha value is -1.56. The molecule has 23 heavy (non-hydrogen) atoms. The zero-order valence-corrected chi connectivity index (χ0v) is 15.2. The van der Waals surface area contributed by atoms with Crippen LogP contribution in [0.3, 0.4) is 0 Å². The molecule has 5 nitrogen and oxygen atoms in total. The van der Waals surface area contributed by atoms with Crippen molar-refractivity contribution >= 4 is 16.0 Å². The number of hydrogen-bond acceptors (Lipinski definition) is 4. The molecule has 1 rings (SSSR count). The maximum absolute atomic E-state index is 12.3. The van der Waals surface area contributed by atoms with Gasteiger partial charge in [-0.25, -0.2) is 0 Å². The molecule has 0 bridgehead atoms. The Morgan fingerprint density at radius 1 is 1.22 bits per heavy atom. The van der Waals surface area contributed by atoms with Gasteiger partial charge in [0.2, 0.25) is 5.91 Å². The average Bonchev–Trinajstić information content (AvgIpc) is 2.42. The SMILES string of the molecule is CCCCN(Cc1ccc(OS(C)(=O)=O)cc1)C(=O)CC(C)C. The normalized spacial score (nSPS) is 11.5. The van der Waals surface area contributed by atoms with Crippen molar-refractivity contribution in [3.63, 3.8) is 0 Å². The van der Waals surface area contributed by atoms with Gasteiger partial charge in [-0.2, -0.15) is 8.42 Å². The van der Waals surface area contributed by atoms with Crippen LogP contribution in [0.25, 0.3) is 0 Å². The van der Waals surface area contributed by atoms with Gasteiger partial charge in [0.1, 0.15) is 5.75 Å². The summed E-state index contributed by atoms with van der Waals surface area (Å²) in [5.41, 5.74) is 0.957. The van der Waals surface area contributed by atoms with Crippen LogP contribution in [0, 0.1) is 5.92 Å². The lowest BCUT2D eigenvalue weighted by atomic mass is 10.1. The van der Waals surface area contributed by atoms with Gasteiger partial charge in [0.05, 0.1) is 6.26 Å². The monoisotopic (exact) mass is 341 g/mol. The number of amides is 1. The first-order valence-corrected chi connectivity index (χ1v) is 9.79. The van der Waals surface area contributed by atoms with Crippen molar-refractivity contribution in [1.29, 1.82) is 0 Å². The molecule has 0 saturated heterocycles. The van der Waals surface area contributed by atoms with E-state index in [-0.39, 0.29) is 11.7 Å². The summed E-state index contributed by atoms with van der Waals surface area (Å²) in [6.45, 7) is 7.44. The second-order valence-corrected chi connectivity index (χ2v) is 7.77. The average molecular weight is 341 g/mol. The van der Waals surface area contributed by atoms with E-state index in [9.17, 15) is 13.2 Å². The third-order valence-electron chi connectivity index (χ3n) is 3.26. The maximum atomic E-state index is 12.3. The van der Waals surface area contributed by atoms with Gasteiger partial charge in [-0.15, -0.1) is 0 Å². The van der Waals surface area contributed by atoms with Gasteiger partial charge in [0, 0.05) is 19.5 Å². The highest BCUT2D eigenvalue weighted by Gasteiger charge is 2.15. The van der Waals surface area contributed by atoms with Crippen molar-refractivity contribution in [2.45, 2.75) is 46.6 Å². The highest BCUT2D eigenvalue weighted by Crippen LogP contribution is 2.16. The first kappa shape index (κ1) is 19.5. The van der Waals surface area contributed by atoms with E-state index in [1.54, 1.807) is 24.3 Å². The smallest absolute Gasteiger partial charge is 0.306 e. The van der Waals surface area contributed by atoms with Crippen molar-refractivity contribution < 1.29 is 17.4 Å². The fraction of sp³-hybridized carbons (Fsp3) is 0.588. The van der Waals surface area contributed by atoms with E-state index in [0.717, 1.165) is 31.2 Å². The number of carbonyl (C=O) groups is 1. The molecule has 1 amide bonds. The number of rotatable bonds is 9. The number of benzene rings is 1. The molecule has 0 heterocycles. The quantitative estimate of drug-likeness (QED) is 0.647. The van der Waals surface area contributed by atoms with Gasteiger partial charge >= 0.3 is 10.1 Å². The molecule has 0 unspecified atom stereocenters. The summed E-state index contributed by atoms with van der Waals surface area (Å²) in [4.78, 5) is 14.2. The molecule has 0 aliphatic rings. The van der Waals surface area contributed by atoms with Gasteiger partial charge in [-0.1, -0.05) is 39.3 Å². The summed E-state index contributed by atoms with van der Waals surface area (Å²) >= 11 is 0. The Balaban J connectivity index is 2.76. The van der Waals surface area contributed by atoms with Gasteiger partial charge in [-0.3, -0.25) is 4.79 Å². The summed E-state index contributed by atoms with van der Waals surface area (Å²) in [7, 11) is -3.52. The number of hydrogen-bond donors (Lipinski definition) is 0. The summed E-state index contributed by atoms with van der Waals surface area (Å²) < 4.78 is 27.0. The molecule has 0 radical (unpaired) electrons. The van der Waals surface area contributed by atoms with Crippen molar-refractivity contribution in [3.05, 3.63) is 29.8 Å². The van der Waals surface area contributed by atoms with Crippen molar-refractivity contribution in [2.75, 3.05) is 12.8 Å². The number of carbonyl (C=O) groups excluding carboxylic acids is 1. The summed E-state index contributed by atoms with van der Waals surface area (Å²) in [5, 5.41) is 0. The van der Waals surface area contributed by atoms with Gasteiger partial charge in [-0.05, 0) is 30.0 Å². The molecule has 1 aromatic rings. The second kappa shape index (κ2) is 8.91. The van der Waals surface area contributed by atoms with Crippen molar-refractivity contribution in [2.24, 2.45) is 5.92 Å². The van der Waals surface area contributed by atoms with Crippen molar-refractivity contribution in [3.8, 4) is 5.75 Å². The van der Waals surface area contributed by atoms with E-state index < -0.39 is 10.1 Å². The Kier molecular flexibility index (Phi) is 7.55. The minimum absolute atomic E-state index is 0.157. The maximum Gasteiger partial charge on any atom is 0.306 e. The van der Waals surface area contributed by atoms with E-state index in [2.05, 4.69) is 6.92 Å². The molecule has 1 aromatic carbocycles. The highest BCUT2D eigenvalue weighted by atomic mass is 32.2. The third kappa shape index (κ3) is 8.02. The molecular formula is C17H27NO4S. The Morgan fingerprint density at radius 3 is 2.30 bits per heavy atom. The van der Waals surface area contributed by atoms with Crippen LogP contribution in [0.4, 0.5) is 0 Å². The molecule has 0 spiro atoms. The van der Waals surface area contributed by atoms with Crippen LogP contribution in [0.2, 0.25) is 0 Å². The minimum Gasteiger partial charge on any atom is -0.383 e. The second-order valence-electron chi connectivity index (χ2n) is 6.20. The minimum atomic E-state index is -3.52. The largest absolute Gasteiger partial charge is 0.383 e. The van der Waals surface area contributed by atoms with Crippen LogP contribution < -0.4 is 4.18 Å². The van der Waals surface area contributed by atoms with Gasteiger partial charge < -0.3 is 9.08 Å². The number of unbranched alkanes of at least 4 members (excludes halogenated alkanes) is 1. The third-order valence-corrected chi connectivity index (χ3v) is 3.76. The standard InChI is InChI=1S/C17H27NO4S/c1-5-6-11-18(17(19)12-14(2)3)13-15-7-9-16(10-8-15)22-23(4,20)21/h7-10,14H,5-6,11-13H2,1-4H3. The van der Waals surface area contributed by atoms with Crippen LogP contribution in [0.5, 0.6) is 5.75 Å². The number of nitrogens with zero attached hydrogens (tertiary/aromatic N) is 1. The van der Waals surface area contributed by atoms with Crippen LogP contribution >= 0.6 is 0 Å². The van der Waals surface area contributed by atoms with Crippen LogP contribution in [-0.4, -0.2) is 32.0 Å². The van der Waals surface area contributed by atoms with Crippen molar-refractivity contribution in [1.82, 2.24) is 4.90 Å². The van der Waals surface area contributed by atoms with E-state index in [4.69, 9.17) is 4.18 Å². The molecule has 0 aliphatic carbocycles. The fourth-order valence-electron chi connectivity index (χ4n) is 2.16. The Bertz CT molecular complexity index is 594. The zero-order chi connectivity index (χ0) is 17.5.